The van der Waals surface area contributed by atoms with Gasteiger partial charge in [0.25, 0.3) is 0 Å². The molecule has 0 amide bonds. The van der Waals surface area contributed by atoms with E-state index in [1.54, 1.807) is 7.11 Å². The van der Waals surface area contributed by atoms with E-state index in [0.717, 1.165) is 31.2 Å². The lowest BCUT2D eigenvalue weighted by molar-refractivity contribution is 0.0190. The minimum atomic E-state index is -0.393. The SMILES string of the molecule is COCC(O)CN1CCN(C(C)c2ccc(Cl)cc2)CC1. The number of rotatable bonds is 6. The van der Waals surface area contributed by atoms with Crippen molar-refractivity contribution >= 4 is 11.6 Å². The van der Waals surface area contributed by atoms with Gasteiger partial charge in [0.2, 0.25) is 0 Å². The smallest absolute Gasteiger partial charge is 0.0900 e. The first kappa shape index (κ1) is 16.7. The summed E-state index contributed by atoms with van der Waals surface area (Å²) in [6.45, 7) is 7.33. The summed E-state index contributed by atoms with van der Waals surface area (Å²) in [6, 6.07) is 8.49. The minimum Gasteiger partial charge on any atom is -0.389 e. The van der Waals surface area contributed by atoms with Crippen LogP contribution in [0.25, 0.3) is 0 Å². The van der Waals surface area contributed by atoms with Crippen molar-refractivity contribution in [2.45, 2.75) is 19.1 Å². The summed E-state index contributed by atoms with van der Waals surface area (Å²) in [4.78, 5) is 4.78. The summed E-state index contributed by atoms with van der Waals surface area (Å²) in [5.41, 5.74) is 1.30. The fourth-order valence-electron chi connectivity index (χ4n) is 2.83. The van der Waals surface area contributed by atoms with Crippen molar-refractivity contribution in [1.29, 1.82) is 0 Å². The second-order valence-electron chi connectivity index (χ2n) is 5.67. The monoisotopic (exact) mass is 312 g/mol. The maximum atomic E-state index is 9.79. The maximum absolute atomic E-state index is 9.79. The second kappa shape index (κ2) is 8.11. The number of piperazine rings is 1. The molecule has 0 radical (unpaired) electrons. The average Bonchev–Trinajstić information content (AvgIpc) is 2.48. The van der Waals surface area contributed by atoms with Gasteiger partial charge in [-0.1, -0.05) is 23.7 Å². The molecule has 5 heteroatoms. The van der Waals surface area contributed by atoms with Crippen LogP contribution in [0.2, 0.25) is 5.02 Å². The summed E-state index contributed by atoms with van der Waals surface area (Å²) >= 11 is 5.94. The number of hydrogen-bond acceptors (Lipinski definition) is 4. The molecule has 4 nitrogen and oxygen atoms in total. The molecule has 2 rings (SSSR count). The fourth-order valence-corrected chi connectivity index (χ4v) is 2.95. The molecule has 1 N–H and O–H groups in total. The minimum absolute atomic E-state index is 0.393. The van der Waals surface area contributed by atoms with Crippen LogP contribution in [-0.4, -0.2) is 67.5 Å². The number of halogens is 1. The van der Waals surface area contributed by atoms with Crippen molar-refractivity contribution in [3.8, 4) is 0 Å². The Balaban J connectivity index is 1.81. The molecule has 21 heavy (non-hydrogen) atoms. The van der Waals surface area contributed by atoms with Crippen LogP contribution in [0.3, 0.4) is 0 Å². The van der Waals surface area contributed by atoms with E-state index in [0.29, 0.717) is 19.2 Å². The van der Waals surface area contributed by atoms with Gasteiger partial charge in [-0.25, -0.2) is 0 Å². The number of aliphatic hydroxyl groups excluding tert-OH is 1. The molecule has 1 fully saturated rings. The van der Waals surface area contributed by atoms with Crippen LogP contribution < -0.4 is 0 Å². The fraction of sp³-hybridized carbons (Fsp3) is 0.625. The Hall–Kier alpha value is -0.650. The Kier molecular flexibility index (Phi) is 6.45. The van der Waals surface area contributed by atoms with Gasteiger partial charge in [-0.2, -0.15) is 0 Å². The lowest BCUT2D eigenvalue weighted by Gasteiger charge is -2.38. The molecule has 1 heterocycles. The molecular weight excluding hydrogens is 288 g/mol. The van der Waals surface area contributed by atoms with Gasteiger partial charge < -0.3 is 9.84 Å². The van der Waals surface area contributed by atoms with Gasteiger partial charge in [0.05, 0.1) is 12.7 Å². The number of hydrogen-bond donors (Lipinski definition) is 1. The zero-order valence-corrected chi connectivity index (χ0v) is 13.6. The molecule has 2 unspecified atom stereocenters. The zero-order valence-electron chi connectivity index (χ0n) is 12.8. The molecule has 0 spiro atoms. The Morgan fingerprint density at radius 1 is 1.19 bits per heavy atom. The van der Waals surface area contributed by atoms with Gasteiger partial charge in [0.1, 0.15) is 0 Å². The van der Waals surface area contributed by atoms with E-state index >= 15 is 0 Å². The van der Waals surface area contributed by atoms with E-state index in [-0.39, 0.29) is 0 Å². The maximum Gasteiger partial charge on any atom is 0.0900 e. The summed E-state index contributed by atoms with van der Waals surface area (Å²) < 4.78 is 4.97. The molecule has 0 bridgehead atoms. The van der Waals surface area contributed by atoms with Crippen molar-refractivity contribution in [2.75, 3.05) is 46.4 Å². The Morgan fingerprint density at radius 3 is 2.38 bits per heavy atom. The second-order valence-corrected chi connectivity index (χ2v) is 6.11. The first-order valence-electron chi connectivity index (χ1n) is 7.49. The van der Waals surface area contributed by atoms with Gasteiger partial charge >= 0.3 is 0 Å². The predicted molar refractivity (Wildman–Crippen MR) is 85.8 cm³/mol. The average molecular weight is 313 g/mol. The predicted octanol–water partition coefficient (Wildman–Crippen LogP) is 2.03. The normalized spacial score (nSPS) is 20.4. The topological polar surface area (TPSA) is 35.9 Å². The number of nitrogens with zero attached hydrogens (tertiary/aromatic N) is 2. The van der Waals surface area contributed by atoms with E-state index in [2.05, 4.69) is 28.9 Å². The number of β-amino-alcohol motifs (C(OH)–C–C–N with tert-alkyl or cyclic N) is 1. The molecule has 1 saturated heterocycles. The van der Waals surface area contributed by atoms with Crippen LogP contribution in [0, 0.1) is 0 Å². The molecule has 2 atom stereocenters. The van der Waals surface area contributed by atoms with Gasteiger partial charge in [0.15, 0.2) is 0 Å². The molecule has 1 aliphatic rings. The van der Waals surface area contributed by atoms with Crippen molar-refractivity contribution in [2.24, 2.45) is 0 Å². The van der Waals surface area contributed by atoms with Crippen LogP contribution >= 0.6 is 11.6 Å². The van der Waals surface area contributed by atoms with Gasteiger partial charge in [-0.15, -0.1) is 0 Å². The third-order valence-electron chi connectivity index (χ3n) is 4.14. The molecule has 1 aliphatic heterocycles. The standard InChI is InChI=1S/C16H25ClN2O2/c1-13(14-3-5-15(17)6-4-14)19-9-7-18(8-10-19)11-16(20)12-21-2/h3-6,13,16,20H,7-12H2,1-2H3. The van der Waals surface area contributed by atoms with Gasteiger partial charge in [0, 0.05) is 50.9 Å². The third-order valence-corrected chi connectivity index (χ3v) is 4.39. The van der Waals surface area contributed by atoms with Crippen LogP contribution in [0.15, 0.2) is 24.3 Å². The van der Waals surface area contributed by atoms with Crippen LogP contribution in [0.1, 0.15) is 18.5 Å². The number of ether oxygens (including phenoxy) is 1. The van der Waals surface area contributed by atoms with Crippen molar-refractivity contribution in [1.82, 2.24) is 9.80 Å². The van der Waals surface area contributed by atoms with E-state index in [9.17, 15) is 5.11 Å². The van der Waals surface area contributed by atoms with Crippen LogP contribution in [-0.2, 0) is 4.74 Å². The van der Waals surface area contributed by atoms with E-state index < -0.39 is 6.10 Å². The largest absolute Gasteiger partial charge is 0.389 e. The lowest BCUT2D eigenvalue weighted by Crippen LogP contribution is -2.49. The zero-order chi connectivity index (χ0) is 15.2. The molecule has 0 saturated carbocycles. The highest BCUT2D eigenvalue weighted by atomic mass is 35.5. The first-order valence-corrected chi connectivity index (χ1v) is 7.87. The Labute approximate surface area is 132 Å². The van der Waals surface area contributed by atoms with Crippen LogP contribution in [0.4, 0.5) is 0 Å². The number of benzene rings is 1. The van der Waals surface area contributed by atoms with E-state index in [1.165, 1.54) is 5.56 Å². The third kappa shape index (κ3) is 4.94. The lowest BCUT2D eigenvalue weighted by atomic mass is 10.1. The highest BCUT2D eigenvalue weighted by Gasteiger charge is 2.23. The van der Waals surface area contributed by atoms with Gasteiger partial charge in [-0.3, -0.25) is 9.80 Å². The molecule has 1 aromatic rings. The summed E-state index contributed by atoms with van der Waals surface area (Å²) in [6.07, 6.45) is -0.393. The molecule has 1 aromatic carbocycles. The Bertz CT molecular complexity index is 419. The molecular formula is C16H25ClN2O2. The van der Waals surface area contributed by atoms with Crippen molar-refractivity contribution in [3.05, 3.63) is 34.9 Å². The van der Waals surface area contributed by atoms with Crippen molar-refractivity contribution < 1.29 is 9.84 Å². The van der Waals surface area contributed by atoms with E-state index in [4.69, 9.17) is 16.3 Å². The summed E-state index contributed by atoms with van der Waals surface area (Å²) in [5.74, 6) is 0. The molecule has 0 aromatic heterocycles. The quantitative estimate of drug-likeness (QED) is 0.872. The highest BCUT2D eigenvalue weighted by molar-refractivity contribution is 6.30. The summed E-state index contributed by atoms with van der Waals surface area (Å²) in [5, 5.41) is 10.6. The summed E-state index contributed by atoms with van der Waals surface area (Å²) in [7, 11) is 1.62. The highest BCUT2D eigenvalue weighted by Crippen LogP contribution is 2.23. The molecule has 118 valence electrons. The van der Waals surface area contributed by atoms with Gasteiger partial charge in [-0.05, 0) is 24.6 Å². The number of methoxy groups -OCH3 is 1. The number of aliphatic hydroxyl groups is 1. The van der Waals surface area contributed by atoms with Crippen LogP contribution in [0.5, 0.6) is 0 Å². The molecule has 0 aliphatic carbocycles. The first-order chi connectivity index (χ1) is 10.1. The van der Waals surface area contributed by atoms with Crippen molar-refractivity contribution in [3.63, 3.8) is 0 Å². The van der Waals surface area contributed by atoms with E-state index in [1.807, 2.05) is 12.1 Å². The Morgan fingerprint density at radius 2 is 1.81 bits per heavy atom.